The van der Waals surface area contributed by atoms with Gasteiger partial charge in [-0.05, 0) is 43.0 Å². The maximum absolute atomic E-state index is 12.4. The van der Waals surface area contributed by atoms with Gasteiger partial charge in [-0.3, -0.25) is 0 Å². The summed E-state index contributed by atoms with van der Waals surface area (Å²) in [7, 11) is 0. The lowest BCUT2D eigenvalue weighted by molar-refractivity contribution is 0.174. The van der Waals surface area contributed by atoms with Crippen LogP contribution in [0.25, 0.3) is 0 Å². The largest absolute Gasteiger partial charge is 0.454 e. The van der Waals surface area contributed by atoms with E-state index in [0.29, 0.717) is 6.54 Å². The highest BCUT2D eigenvalue weighted by molar-refractivity contribution is 5.74. The number of rotatable bonds is 5. The zero-order valence-electron chi connectivity index (χ0n) is 15.0. The molecule has 2 N–H and O–H groups in total. The van der Waals surface area contributed by atoms with Gasteiger partial charge in [0.25, 0.3) is 0 Å². The smallest absolute Gasteiger partial charge is 0.315 e. The van der Waals surface area contributed by atoms with E-state index in [1.165, 1.54) is 12.0 Å². The van der Waals surface area contributed by atoms with E-state index in [-0.39, 0.29) is 24.3 Å². The quantitative estimate of drug-likeness (QED) is 0.858. The van der Waals surface area contributed by atoms with Crippen LogP contribution < -0.4 is 20.1 Å². The molecule has 2 amide bonds. The average Bonchev–Trinajstić information content (AvgIpc) is 3.09. The number of nitrogens with one attached hydrogen (secondary N) is 2. The molecule has 0 radical (unpaired) electrons. The Morgan fingerprint density at radius 2 is 1.88 bits per heavy atom. The van der Waals surface area contributed by atoms with Gasteiger partial charge in [0.1, 0.15) is 0 Å². The second-order valence-electron chi connectivity index (χ2n) is 7.16. The Hall–Kier alpha value is -2.69. The standard InChI is InChI=1S/C21H24N2O3/c1-15(16-8-9-18-19(12-16)26-14-25-18)23-20(24)22-13-21(10-5-11-21)17-6-3-2-4-7-17/h2-4,6-9,12,15H,5,10-11,13-14H2,1H3,(H2,22,23,24). The Morgan fingerprint density at radius 1 is 1.12 bits per heavy atom. The molecule has 1 saturated carbocycles. The predicted molar refractivity (Wildman–Crippen MR) is 99.5 cm³/mol. The van der Waals surface area contributed by atoms with Gasteiger partial charge >= 0.3 is 6.03 Å². The first-order chi connectivity index (χ1) is 12.7. The summed E-state index contributed by atoms with van der Waals surface area (Å²) in [6.45, 7) is 2.88. The van der Waals surface area contributed by atoms with Gasteiger partial charge in [-0.1, -0.05) is 42.8 Å². The van der Waals surface area contributed by atoms with Crippen LogP contribution in [0.1, 0.15) is 43.4 Å². The molecule has 26 heavy (non-hydrogen) atoms. The Morgan fingerprint density at radius 3 is 2.62 bits per heavy atom. The van der Waals surface area contributed by atoms with Crippen LogP contribution in [-0.4, -0.2) is 19.4 Å². The van der Waals surface area contributed by atoms with Crippen LogP contribution in [0, 0.1) is 0 Å². The molecule has 1 heterocycles. The lowest BCUT2D eigenvalue weighted by Crippen LogP contribution is -2.48. The zero-order valence-corrected chi connectivity index (χ0v) is 15.0. The maximum atomic E-state index is 12.4. The number of benzene rings is 2. The molecule has 0 aromatic heterocycles. The minimum atomic E-state index is -0.141. The Labute approximate surface area is 153 Å². The van der Waals surface area contributed by atoms with Crippen LogP contribution in [0.5, 0.6) is 11.5 Å². The highest BCUT2D eigenvalue weighted by atomic mass is 16.7. The molecule has 1 aliphatic carbocycles. The summed E-state index contributed by atoms with van der Waals surface area (Å²) in [5, 5.41) is 6.08. The third-order valence-electron chi connectivity index (χ3n) is 5.53. The minimum absolute atomic E-state index is 0.0839. The number of ether oxygens (including phenoxy) is 2. The van der Waals surface area contributed by atoms with Gasteiger partial charge < -0.3 is 20.1 Å². The van der Waals surface area contributed by atoms with Gasteiger partial charge in [-0.15, -0.1) is 0 Å². The van der Waals surface area contributed by atoms with Gasteiger partial charge in [0, 0.05) is 12.0 Å². The van der Waals surface area contributed by atoms with E-state index in [4.69, 9.17) is 9.47 Å². The van der Waals surface area contributed by atoms with E-state index in [1.54, 1.807) is 0 Å². The van der Waals surface area contributed by atoms with Crippen molar-refractivity contribution in [3.8, 4) is 11.5 Å². The Kier molecular flexibility index (Phi) is 4.45. The molecule has 0 bridgehead atoms. The molecule has 2 aliphatic rings. The van der Waals surface area contributed by atoms with Gasteiger partial charge in [0.2, 0.25) is 6.79 Å². The molecule has 1 atom stereocenters. The van der Waals surface area contributed by atoms with Crippen molar-refractivity contribution < 1.29 is 14.3 Å². The topological polar surface area (TPSA) is 59.6 Å². The van der Waals surface area contributed by atoms with Crippen LogP contribution in [0.3, 0.4) is 0 Å². The first-order valence-corrected chi connectivity index (χ1v) is 9.16. The molecular formula is C21H24N2O3. The molecule has 2 aromatic carbocycles. The Balaban J connectivity index is 1.35. The molecule has 0 spiro atoms. The average molecular weight is 352 g/mol. The third-order valence-corrected chi connectivity index (χ3v) is 5.53. The van der Waals surface area contributed by atoms with Crippen LogP contribution in [0.2, 0.25) is 0 Å². The fourth-order valence-electron chi connectivity index (χ4n) is 3.73. The number of urea groups is 1. The van der Waals surface area contributed by atoms with E-state index in [1.807, 2.05) is 31.2 Å². The van der Waals surface area contributed by atoms with E-state index in [9.17, 15) is 4.79 Å². The van der Waals surface area contributed by atoms with Crippen molar-refractivity contribution in [3.63, 3.8) is 0 Å². The summed E-state index contributed by atoms with van der Waals surface area (Å²) in [5.41, 5.74) is 2.39. The SMILES string of the molecule is CC(NC(=O)NCC1(c2ccccc2)CCC1)c1ccc2c(c1)OCO2. The van der Waals surface area contributed by atoms with Crippen molar-refractivity contribution in [3.05, 3.63) is 59.7 Å². The molecule has 5 heteroatoms. The van der Waals surface area contributed by atoms with Crippen molar-refractivity contribution >= 4 is 6.03 Å². The normalized spacial score (nSPS) is 17.9. The molecule has 5 nitrogen and oxygen atoms in total. The second kappa shape index (κ2) is 6.90. The maximum Gasteiger partial charge on any atom is 0.315 e. The van der Waals surface area contributed by atoms with Gasteiger partial charge in [-0.2, -0.15) is 0 Å². The molecule has 1 aliphatic heterocycles. The van der Waals surface area contributed by atoms with Crippen LogP contribution in [-0.2, 0) is 5.41 Å². The predicted octanol–water partition coefficient (Wildman–Crippen LogP) is 3.90. The summed E-state index contributed by atoms with van der Waals surface area (Å²) in [6, 6.07) is 16.0. The monoisotopic (exact) mass is 352 g/mol. The summed E-state index contributed by atoms with van der Waals surface area (Å²) in [5.74, 6) is 1.48. The molecular weight excluding hydrogens is 328 g/mol. The fourth-order valence-corrected chi connectivity index (χ4v) is 3.73. The lowest BCUT2D eigenvalue weighted by atomic mass is 9.64. The first-order valence-electron chi connectivity index (χ1n) is 9.16. The third kappa shape index (κ3) is 3.21. The van der Waals surface area contributed by atoms with Crippen molar-refractivity contribution in [1.29, 1.82) is 0 Å². The minimum Gasteiger partial charge on any atom is -0.454 e. The summed E-state index contributed by atoms with van der Waals surface area (Å²) >= 11 is 0. The molecule has 136 valence electrons. The van der Waals surface area contributed by atoms with Crippen molar-refractivity contribution in [2.45, 2.75) is 37.6 Å². The number of hydrogen-bond acceptors (Lipinski definition) is 3. The number of amides is 2. The van der Waals surface area contributed by atoms with Crippen LogP contribution in [0.4, 0.5) is 4.79 Å². The highest BCUT2D eigenvalue weighted by Crippen LogP contribution is 2.43. The lowest BCUT2D eigenvalue weighted by Gasteiger charge is -2.42. The summed E-state index contributed by atoms with van der Waals surface area (Å²) in [4.78, 5) is 12.4. The summed E-state index contributed by atoms with van der Waals surface area (Å²) in [6.07, 6.45) is 3.45. The van der Waals surface area contributed by atoms with Crippen LogP contribution in [0.15, 0.2) is 48.5 Å². The van der Waals surface area contributed by atoms with E-state index in [2.05, 4.69) is 34.9 Å². The number of fused-ring (bicyclic) bond motifs is 1. The number of hydrogen-bond donors (Lipinski definition) is 2. The van der Waals surface area contributed by atoms with E-state index in [0.717, 1.165) is 29.9 Å². The summed E-state index contributed by atoms with van der Waals surface area (Å²) < 4.78 is 10.7. The number of carbonyl (C=O) groups excluding carboxylic acids is 1. The first kappa shape index (κ1) is 16.8. The molecule has 2 aromatic rings. The fraction of sp³-hybridized carbons (Fsp3) is 0.381. The van der Waals surface area contributed by atoms with Gasteiger partial charge in [0.15, 0.2) is 11.5 Å². The van der Waals surface area contributed by atoms with E-state index < -0.39 is 0 Å². The Bertz CT molecular complexity index is 787. The molecule has 1 unspecified atom stereocenters. The second-order valence-corrected chi connectivity index (χ2v) is 7.16. The molecule has 4 rings (SSSR count). The molecule has 1 fully saturated rings. The number of carbonyl (C=O) groups is 1. The zero-order chi connectivity index (χ0) is 18.0. The van der Waals surface area contributed by atoms with Crippen molar-refractivity contribution in [1.82, 2.24) is 10.6 Å². The van der Waals surface area contributed by atoms with Crippen molar-refractivity contribution in [2.24, 2.45) is 0 Å². The molecule has 0 saturated heterocycles. The van der Waals surface area contributed by atoms with Crippen LogP contribution >= 0.6 is 0 Å². The van der Waals surface area contributed by atoms with E-state index >= 15 is 0 Å². The van der Waals surface area contributed by atoms with Gasteiger partial charge in [0.05, 0.1) is 6.04 Å². The van der Waals surface area contributed by atoms with Gasteiger partial charge in [-0.25, -0.2) is 4.79 Å². The highest BCUT2D eigenvalue weighted by Gasteiger charge is 2.38. The van der Waals surface area contributed by atoms with Crippen molar-refractivity contribution in [2.75, 3.05) is 13.3 Å².